The van der Waals surface area contributed by atoms with Gasteiger partial charge in [-0.15, -0.1) is 10.2 Å². The third-order valence-corrected chi connectivity index (χ3v) is 8.20. The van der Waals surface area contributed by atoms with Gasteiger partial charge in [-0.2, -0.15) is 0 Å². The molecule has 10 nitrogen and oxygen atoms in total. The zero-order valence-electron chi connectivity index (χ0n) is 26.0. The molecule has 10 heteroatoms. The maximum Gasteiger partial charge on any atom is 0.251 e. The van der Waals surface area contributed by atoms with Crippen LogP contribution in [0.4, 0.5) is 0 Å². The van der Waals surface area contributed by atoms with Gasteiger partial charge in [0.05, 0.1) is 19.0 Å². The molecule has 0 spiro atoms. The largest absolute Gasteiger partial charge is 0.422 e. The van der Waals surface area contributed by atoms with Gasteiger partial charge in [-0.25, -0.2) is 0 Å². The number of carbonyl (C=O) groups is 3. The third-order valence-electron chi connectivity index (χ3n) is 8.20. The van der Waals surface area contributed by atoms with Crippen LogP contribution in [-0.2, 0) is 32.8 Å². The van der Waals surface area contributed by atoms with E-state index in [1.807, 2.05) is 100 Å². The predicted octanol–water partition coefficient (Wildman–Crippen LogP) is 3.55. The lowest BCUT2D eigenvalue weighted by atomic mass is 9.79. The van der Waals surface area contributed by atoms with E-state index < -0.39 is 23.6 Å². The van der Waals surface area contributed by atoms with Gasteiger partial charge in [0.1, 0.15) is 6.54 Å². The second-order valence-electron chi connectivity index (χ2n) is 12.0. The lowest BCUT2D eigenvalue weighted by Crippen LogP contribution is -2.66. The maximum atomic E-state index is 14.8. The minimum atomic E-state index is -1.61. The number of aliphatic hydroxyl groups is 1. The topological polar surface area (TPSA) is 138 Å². The van der Waals surface area contributed by atoms with Crippen molar-refractivity contribution in [3.05, 3.63) is 118 Å². The summed E-state index contributed by atoms with van der Waals surface area (Å²) in [6.07, 6.45) is -0.836. The quantitative estimate of drug-likeness (QED) is 0.237. The van der Waals surface area contributed by atoms with Gasteiger partial charge in [0.15, 0.2) is 11.6 Å². The molecule has 1 fully saturated rings. The Morgan fingerprint density at radius 1 is 0.978 bits per heavy atom. The fourth-order valence-corrected chi connectivity index (χ4v) is 5.87. The first kappa shape index (κ1) is 31.6. The Labute approximate surface area is 262 Å². The van der Waals surface area contributed by atoms with Crippen LogP contribution in [0.5, 0.6) is 0 Å². The minimum Gasteiger partial charge on any atom is -0.422 e. The summed E-state index contributed by atoms with van der Waals surface area (Å²) >= 11 is 0. The number of carbonyl (C=O) groups excluding carboxylic acids is 3. The molecule has 3 amide bonds. The van der Waals surface area contributed by atoms with Gasteiger partial charge in [0, 0.05) is 6.42 Å². The number of aromatic nitrogens is 2. The van der Waals surface area contributed by atoms with Crippen molar-refractivity contribution >= 4 is 17.7 Å². The highest BCUT2D eigenvalue weighted by Gasteiger charge is 2.51. The van der Waals surface area contributed by atoms with Crippen molar-refractivity contribution in [2.45, 2.75) is 58.2 Å². The van der Waals surface area contributed by atoms with Gasteiger partial charge in [0.25, 0.3) is 5.91 Å². The monoisotopic (exact) mass is 609 g/mol. The Balaban J connectivity index is 1.53. The standard InChI is InChI=1S/C35H39N5O5/c1-22(2)31(32(43)33-39-38-29(45-33)18-26-14-8-10-23(3)16-26)37-34(44)35(19-25-12-6-5-7-13-25,27-15-9-11-24(4)17-27)40-21-28(41)36-20-30(40)42/h5-17,22,31-32,43H,18-21H2,1-4H3,(H,36,41)(H,37,44)/t31-,32?,35?/m0/s1. The van der Waals surface area contributed by atoms with Crippen LogP contribution in [0.3, 0.4) is 0 Å². The summed E-state index contributed by atoms with van der Waals surface area (Å²) in [5.41, 5.74) is 2.73. The highest BCUT2D eigenvalue weighted by molar-refractivity contribution is 5.99. The molecule has 1 aliphatic heterocycles. The molecule has 45 heavy (non-hydrogen) atoms. The van der Waals surface area contributed by atoms with E-state index in [2.05, 4.69) is 20.8 Å². The zero-order valence-corrected chi connectivity index (χ0v) is 26.0. The van der Waals surface area contributed by atoms with Crippen LogP contribution < -0.4 is 10.6 Å². The normalized spacial score (nSPS) is 16.2. The summed E-state index contributed by atoms with van der Waals surface area (Å²) in [6.45, 7) is 7.11. The molecule has 1 aliphatic rings. The van der Waals surface area contributed by atoms with Crippen LogP contribution in [0.1, 0.15) is 59.6 Å². The number of hydrogen-bond acceptors (Lipinski definition) is 7. The molecule has 234 valence electrons. The Hall–Kier alpha value is -4.83. The van der Waals surface area contributed by atoms with Crippen molar-refractivity contribution in [3.63, 3.8) is 0 Å². The molecule has 5 rings (SSSR count). The van der Waals surface area contributed by atoms with Crippen LogP contribution in [0, 0.1) is 19.8 Å². The molecule has 0 radical (unpaired) electrons. The van der Waals surface area contributed by atoms with E-state index >= 15 is 0 Å². The van der Waals surface area contributed by atoms with E-state index in [0.717, 1.165) is 22.3 Å². The molecule has 1 aromatic heterocycles. The first-order valence-corrected chi connectivity index (χ1v) is 15.1. The van der Waals surface area contributed by atoms with E-state index in [9.17, 15) is 19.5 Å². The van der Waals surface area contributed by atoms with Crippen molar-refractivity contribution in [2.24, 2.45) is 5.92 Å². The van der Waals surface area contributed by atoms with Gasteiger partial charge in [-0.05, 0) is 36.5 Å². The number of nitrogens with zero attached hydrogens (tertiary/aromatic N) is 3. The summed E-state index contributed by atoms with van der Waals surface area (Å²) in [5, 5.41) is 25.5. The summed E-state index contributed by atoms with van der Waals surface area (Å²) in [7, 11) is 0. The summed E-state index contributed by atoms with van der Waals surface area (Å²) in [4.78, 5) is 42.5. The summed E-state index contributed by atoms with van der Waals surface area (Å²) in [6, 6.07) is 23.8. The molecule has 2 heterocycles. The third kappa shape index (κ3) is 6.96. The van der Waals surface area contributed by atoms with Gasteiger partial charge in [-0.1, -0.05) is 104 Å². The lowest BCUT2D eigenvalue weighted by Gasteiger charge is -2.45. The Bertz CT molecular complexity index is 1670. The van der Waals surface area contributed by atoms with Crippen LogP contribution >= 0.6 is 0 Å². The highest BCUT2D eigenvalue weighted by atomic mass is 16.4. The lowest BCUT2D eigenvalue weighted by molar-refractivity contribution is -0.155. The summed E-state index contributed by atoms with van der Waals surface area (Å²) < 4.78 is 5.89. The maximum absolute atomic E-state index is 14.8. The second kappa shape index (κ2) is 13.4. The van der Waals surface area contributed by atoms with E-state index in [4.69, 9.17) is 4.42 Å². The molecule has 0 bridgehead atoms. The molecule has 1 saturated heterocycles. The van der Waals surface area contributed by atoms with E-state index in [1.54, 1.807) is 6.07 Å². The smallest absolute Gasteiger partial charge is 0.251 e. The van der Waals surface area contributed by atoms with Crippen molar-refractivity contribution < 1.29 is 23.9 Å². The first-order chi connectivity index (χ1) is 21.6. The number of amides is 3. The Morgan fingerprint density at radius 2 is 1.67 bits per heavy atom. The molecule has 0 aliphatic carbocycles. The van der Waals surface area contributed by atoms with Crippen LogP contribution in [0.2, 0.25) is 0 Å². The number of aliphatic hydroxyl groups excluding tert-OH is 1. The molecule has 4 aromatic rings. The van der Waals surface area contributed by atoms with E-state index in [1.165, 1.54) is 4.90 Å². The molecule has 0 saturated carbocycles. The first-order valence-electron chi connectivity index (χ1n) is 15.1. The van der Waals surface area contributed by atoms with Crippen molar-refractivity contribution in [1.29, 1.82) is 0 Å². The van der Waals surface area contributed by atoms with Crippen LogP contribution in [0.25, 0.3) is 0 Å². The molecule has 3 aromatic carbocycles. The number of piperazine rings is 1. The molecular weight excluding hydrogens is 570 g/mol. The number of nitrogens with one attached hydrogen (secondary N) is 2. The van der Waals surface area contributed by atoms with Crippen molar-refractivity contribution in [3.8, 4) is 0 Å². The number of aryl methyl sites for hydroxylation is 2. The van der Waals surface area contributed by atoms with Crippen LogP contribution in [-0.4, -0.2) is 57.1 Å². The average Bonchev–Trinajstić information content (AvgIpc) is 3.48. The second-order valence-corrected chi connectivity index (χ2v) is 12.0. The van der Waals surface area contributed by atoms with E-state index in [-0.39, 0.29) is 43.1 Å². The van der Waals surface area contributed by atoms with Crippen molar-refractivity contribution in [2.75, 3.05) is 13.1 Å². The predicted molar refractivity (Wildman–Crippen MR) is 168 cm³/mol. The fraction of sp³-hybridized carbons (Fsp3) is 0.343. The van der Waals surface area contributed by atoms with Gasteiger partial charge in [-0.3, -0.25) is 14.4 Å². The Kier molecular flexibility index (Phi) is 9.43. The average molecular weight is 610 g/mol. The van der Waals surface area contributed by atoms with E-state index in [0.29, 0.717) is 17.9 Å². The molecular formula is C35H39N5O5. The highest BCUT2D eigenvalue weighted by Crippen LogP contribution is 2.36. The number of hydrogen-bond donors (Lipinski definition) is 3. The number of rotatable bonds is 11. The molecule has 2 unspecified atom stereocenters. The van der Waals surface area contributed by atoms with Gasteiger partial charge >= 0.3 is 0 Å². The minimum absolute atomic E-state index is 0.0192. The number of benzene rings is 3. The SMILES string of the molecule is Cc1cccc(Cc2nnc(C(O)[C@@H](NC(=O)C(Cc3ccccc3)(c3cccc(C)c3)N3CC(=O)NCC3=O)C(C)C)o2)c1. The Morgan fingerprint density at radius 3 is 2.36 bits per heavy atom. The fourth-order valence-electron chi connectivity index (χ4n) is 5.87. The van der Waals surface area contributed by atoms with Gasteiger partial charge < -0.3 is 25.1 Å². The van der Waals surface area contributed by atoms with Gasteiger partial charge in [0.2, 0.25) is 23.6 Å². The van der Waals surface area contributed by atoms with Crippen molar-refractivity contribution in [1.82, 2.24) is 25.7 Å². The zero-order chi connectivity index (χ0) is 32.1. The molecule has 3 N–H and O–H groups in total. The molecule has 3 atom stereocenters. The summed E-state index contributed by atoms with van der Waals surface area (Å²) in [5.74, 6) is -1.23. The van der Waals surface area contributed by atoms with Crippen LogP contribution in [0.15, 0.2) is 83.3 Å².